The number of rotatable bonds is 7. The van der Waals surface area contributed by atoms with Crippen molar-refractivity contribution in [1.29, 1.82) is 0 Å². The van der Waals surface area contributed by atoms with Gasteiger partial charge in [0.05, 0.1) is 18.1 Å². The summed E-state index contributed by atoms with van der Waals surface area (Å²) in [5.41, 5.74) is 2.54. The molecule has 10 nitrogen and oxygen atoms in total. The topological polar surface area (TPSA) is 112 Å². The number of hydrogen-bond acceptors (Lipinski definition) is 5. The smallest absolute Gasteiger partial charge is 0.271 e. The molecule has 0 aliphatic rings. The maximum Gasteiger partial charge on any atom is 0.271 e. The monoisotopic (exact) mass is 370 g/mol. The minimum atomic E-state index is -0.322. The fourth-order valence-corrected chi connectivity index (χ4v) is 2.68. The Morgan fingerprint density at radius 3 is 2.63 bits per heavy atom. The van der Waals surface area contributed by atoms with E-state index in [1.165, 1.54) is 10.9 Å². The van der Waals surface area contributed by atoms with Gasteiger partial charge in [0, 0.05) is 57.3 Å². The van der Waals surface area contributed by atoms with Gasteiger partial charge in [-0.25, -0.2) is 0 Å². The molecule has 2 amide bonds. The summed E-state index contributed by atoms with van der Waals surface area (Å²) in [6.45, 7) is 2.73. The molecule has 0 atom stereocenters. The van der Waals surface area contributed by atoms with E-state index >= 15 is 0 Å². The highest BCUT2D eigenvalue weighted by Gasteiger charge is 2.18. The molecule has 0 saturated heterocycles. The molecule has 0 unspecified atom stereocenters. The van der Waals surface area contributed by atoms with E-state index in [1.807, 2.05) is 26.2 Å². The second-order valence-electron chi connectivity index (χ2n) is 6.23. The Morgan fingerprint density at radius 2 is 1.96 bits per heavy atom. The first-order valence-electron chi connectivity index (χ1n) is 8.50. The summed E-state index contributed by atoms with van der Waals surface area (Å²) < 4.78 is 4.86. The lowest BCUT2D eigenvalue weighted by molar-refractivity contribution is -0.116. The fourth-order valence-electron chi connectivity index (χ4n) is 2.68. The molecule has 2 N–H and O–H groups in total. The number of carbonyl (C=O) groups excluding carboxylic acids is 2. The maximum absolute atomic E-state index is 12.5. The lowest BCUT2D eigenvalue weighted by atomic mass is 10.3. The summed E-state index contributed by atoms with van der Waals surface area (Å²) in [6.07, 6.45) is 6.91. The summed E-state index contributed by atoms with van der Waals surface area (Å²) in [7, 11) is 3.46. The van der Waals surface area contributed by atoms with Gasteiger partial charge < -0.3 is 10.6 Å². The summed E-state index contributed by atoms with van der Waals surface area (Å²) in [5, 5.41) is 17.9. The molecule has 27 heavy (non-hydrogen) atoms. The second-order valence-corrected chi connectivity index (χ2v) is 6.23. The van der Waals surface area contributed by atoms with Crippen LogP contribution in [-0.2, 0) is 32.0 Å². The Balaban J connectivity index is 1.60. The fraction of sp³-hybridized carbons (Fsp3) is 0.353. The number of aromatic nitrogens is 6. The number of nitrogens with one attached hydrogen (secondary N) is 2. The average molecular weight is 370 g/mol. The molecule has 3 heterocycles. The van der Waals surface area contributed by atoms with Gasteiger partial charge >= 0.3 is 0 Å². The van der Waals surface area contributed by atoms with Crippen LogP contribution in [0.3, 0.4) is 0 Å². The first-order chi connectivity index (χ1) is 12.9. The molecule has 0 saturated carbocycles. The summed E-state index contributed by atoms with van der Waals surface area (Å²) in [5.74, 6) is -0.531. The lowest BCUT2D eigenvalue weighted by Gasteiger charge is -2.09. The SMILES string of the molecule is Cc1ccnn1CCC(=O)Nc1cnn(C)c1C(=O)NCc1cnn(C)c1. The van der Waals surface area contributed by atoms with Gasteiger partial charge in [-0.2, -0.15) is 15.3 Å². The van der Waals surface area contributed by atoms with Crippen LogP contribution in [0.2, 0.25) is 0 Å². The van der Waals surface area contributed by atoms with Crippen LogP contribution in [0.15, 0.2) is 30.9 Å². The van der Waals surface area contributed by atoms with Crippen LogP contribution in [0.4, 0.5) is 5.69 Å². The predicted octanol–water partition coefficient (Wildman–Crippen LogP) is 0.617. The average Bonchev–Trinajstić information content (AvgIpc) is 3.32. The highest BCUT2D eigenvalue weighted by Crippen LogP contribution is 2.15. The summed E-state index contributed by atoms with van der Waals surface area (Å²) in [4.78, 5) is 24.8. The molecule has 0 fully saturated rings. The van der Waals surface area contributed by atoms with Crippen LogP contribution in [0.5, 0.6) is 0 Å². The van der Waals surface area contributed by atoms with Crippen molar-refractivity contribution < 1.29 is 9.59 Å². The number of amides is 2. The number of carbonyl (C=O) groups is 2. The van der Waals surface area contributed by atoms with Gasteiger partial charge in [0.25, 0.3) is 5.91 Å². The number of nitrogens with zero attached hydrogens (tertiary/aromatic N) is 6. The Kier molecular flexibility index (Phi) is 5.34. The van der Waals surface area contributed by atoms with Crippen LogP contribution in [-0.4, -0.2) is 41.2 Å². The summed E-state index contributed by atoms with van der Waals surface area (Å²) >= 11 is 0. The van der Waals surface area contributed by atoms with Crippen molar-refractivity contribution in [3.05, 3.63) is 47.8 Å². The Labute approximate surface area is 156 Å². The number of hydrogen-bond donors (Lipinski definition) is 2. The molecule has 10 heteroatoms. The molecule has 0 radical (unpaired) electrons. The number of anilines is 1. The molecule has 3 rings (SSSR count). The Bertz CT molecular complexity index is 952. The first kappa shape index (κ1) is 18.4. The van der Waals surface area contributed by atoms with Gasteiger partial charge in [-0.15, -0.1) is 0 Å². The largest absolute Gasteiger partial charge is 0.346 e. The molecule has 0 aliphatic carbocycles. The molecule has 3 aromatic heterocycles. The van der Waals surface area contributed by atoms with Gasteiger partial charge in [0.15, 0.2) is 0 Å². The van der Waals surface area contributed by atoms with Crippen molar-refractivity contribution in [1.82, 2.24) is 34.7 Å². The molecule has 0 bridgehead atoms. The van der Waals surface area contributed by atoms with E-state index in [-0.39, 0.29) is 18.2 Å². The zero-order valence-electron chi connectivity index (χ0n) is 15.5. The van der Waals surface area contributed by atoms with Crippen molar-refractivity contribution in [2.75, 3.05) is 5.32 Å². The van der Waals surface area contributed by atoms with E-state index < -0.39 is 0 Å². The highest BCUT2D eigenvalue weighted by molar-refractivity contribution is 6.02. The Morgan fingerprint density at radius 1 is 1.15 bits per heavy atom. The third-order valence-electron chi connectivity index (χ3n) is 4.12. The van der Waals surface area contributed by atoms with Crippen LogP contribution in [0.25, 0.3) is 0 Å². The minimum absolute atomic E-state index is 0.209. The van der Waals surface area contributed by atoms with Gasteiger partial charge in [-0.1, -0.05) is 0 Å². The van der Waals surface area contributed by atoms with Gasteiger partial charge in [-0.05, 0) is 13.0 Å². The molecular formula is C17H22N8O2. The molecular weight excluding hydrogens is 348 g/mol. The van der Waals surface area contributed by atoms with Gasteiger partial charge in [-0.3, -0.25) is 23.6 Å². The van der Waals surface area contributed by atoms with E-state index in [0.717, 1.165) is 11.3 Å². The molecule has 3 aromatic rings. The van der Waals surface area contributed by atoms with Gasteiger partial charge in [0.1, 0.15) is 5.69 Å². The van der Waals surface area contributed by atoms with Gasteiger partial charge in [0.2, 0.25) is 5.91 Å². The highest BCUT2D eigenvalue weighted by atomic mass is 16.2. The normalized spacial score (nSPS) is 10.8. The van der Waals surface area contributed by atoms with E-state index in [0.29, 0.717) is 24.5 Å². The Hall–Kier alpha value is -3.43. The van der Waals surface area contributed by atoms with Crippen LogP contribution in [0.1, 0.15) is 28.2 Å². The molecule has 142 valence electrons. The zero-order chi connectivity index (χ0) is 19.4. The number of aryl methyl sites for hydroxylation is 4. The minimum Gasteiger partial charge on any atom is -0.346 e. The molecule has 0 aliphatic heterocycles. The molecule has 0 spiro atoms. The van der Waals surface area contributed by atoms with Crippen molar-refractivity contribution in [2.24, 2.45) is 14.1 Å². The quantitative estimate of drug-likeness (QED) is 0.633. The standard InChI is InChI=1S/C17H22N8O2/c1-12-4-6-19-25(12)7-5-15(26)22-14-10-21-24(3)16(14)17(27)18-8-13-9-20-23(2)11-13/h4,6,9-11H,5,7-8H2,1-3H3,(H,18,27)(H,22,26). The first-order valence-corrected chi connectivity index (χ1v) is 8.50. The third kappa shape index (κ3) is 4.40. The zero-order valence-corrected chi connectivity index (χ0v) is 15.5. The molecule has 0 aromatic carbocycles. The van der Waals surface area contributed by atoms with Crippen molar-refractivity contribution in [2.45, 2.75) is 26.4 Å². The van der Waals surface area contributed by atoms with E-state index in [4.69, 9.17) is 0 Å². The van der Waals surface area contributed by atoms with Crippen molar-refractivity contribution in [3.8, 4) is 0 Å². The second kappa shape index (κ2) is 7.85. The van der Waals surface area contributed by atoms with Crippen LogP contribution < -0.4 is 10.6 Å². The van der Waals surface area contributed by atoms with Crippen molar-refractivity contribution >= 4 is 17.5 Å². The third-order valence-corrected chi connectivity index (χ3v) is 4.12. The van der Waals surface area contributed by atoms with E-state index in [9.17, 15) is 9.59 Å². The van der Waals surface area contributed by atoms with E-state index in [2.05, 4.69) is 25.9 Å². The van der Waals surface area contributed by atoms with E-state index in [1.54, 1.807) is 28.8 Å². The maximum atomic E-state index is 12.5. The summed E-state index contributed by atoms with van der Waals surface area (Å²) in [6, 6.07) is 1.88. The van der Waals surface area contributed by atoms with Crippen LogP contribution >= 0.6 is 0 Å². The van der Waals surface area contributed by atoms with Crippen molar-refractivity contribution in [3.63, 3.8) is 0 Å². The van der Waals surface area contributed by atoms with Crippen LogP contribution in [0, 0.1) is 6.92 Å². The predicted molar refractivity (Wildman–Crippen MR) is 97.8 cm³/mol. The lowest BCUT2D eigenvalue weighted by Crippen LogP contribution is -2.27.